The maximum Gasteiger partial charge on any atom is 0.387 e. The van der Waals surface area contributed by atoms with Gasteiger partial charge >= 0.3 is 16.4 Å². The van der Waals surface area contributed by atoms with E-state index in [1.165, 1.54) is 0 Å². The summed E-state index contributed by atoms with van der Waals surface area (Å²) in [5, 5.41) is 7.08. The van der Waals surface area contributed by atoms with Crippen LogP contribution in [0.1, 0.15) is 119 Å². The van der Waals surface area contributed by atoms with Crippen LogP contribution >= 0.6 is 16.4 Å². The summed E-state index contributed by atoms with van der Waals surface area (Å²) in [7, 11) is 2.68. The topological polar surface area (TPSA) is 138 Å². The highest BCUT2D eigenvalue weighted by Gasteiger charge is 2.55. The molecule has 2 aliphatic rings. The first-order valence-electron chi connectivity index (χ1n) is 22.9. The molecular weight excluding hydrogens is 893 g/mol. The molecule has 15 heteroatoms. The molecule has 0 aliphatic carbocycles. The number of rotatable bonds is 9. The maximum absolute atomic E-state index is 7.14. The molecule has 13 nitrogen and oxygen atoms in total. The molecule has 0 spiro atoms. The van der Waals surface area contributed by atoms with Gasteiger partial charge < -0.3 is 49.9 Å². The van der Waals surface area contributed by atoms with Crippen molar-refractivity contribution in [3.05, 3.63) is 70.8 Å². The molecule has 2 aliphatic heterocycles. The Kier molecular flexibility index (Phi) is 12.9. The molecule has 4 heterocycles. The lowest BCUT2D eigenvalue weighted by Gasteiger charge is -2.25. The minimum Gasteiger partial charge on any atom is -0.497 e. The number of fused-ring (bicyclic) bond motifs is 7. The first-order chi connectivity index (χ1) is 31.2. The number of methoxy groups -OCH3 is 4. The first-order valence-corrected chi connectivity index (χ1v) is 25.1. The van der Waals surface area contributed by atoms with Gasteiger partial charge in [0.25, 0.3) is 0 Å². The van der Waals surface area contributed by atoms with Crippen molar-refractivity contribution >= 4 is 60.3 Å². The average molecular weight is 962 g/mol. The molecule has 4 aromatic carbocycles. The van der Waals surface area contributed by atoms with Crippen molar-refractivity contribution in [1.29, 1.82) is 0 Å². The normalized spacial score (nSPS) is 19.9. The van der Waals surface area contributed by atoms with Crippen LogP contribution in [0.5, 0.6) is 23.0 Å². The second kappa shape index (κ2) is 17.6. The lowest BCUT2D eigenvalue weighted by molar-refractivity contribution is -0.207. The van der Waals surface area contributed by atoms with Gasteiger partial charge in [0.2, 0.25) is 0 Å². The summed E-state index contributed by atoms with van der Waals surface area (Å²) in [6, 6.07) is 15.6. The summed E-state index contributed by atoms with van der Waals surface area (Å²) in [6.07, 6.45) is -1.90. The zero-order chi connectivity index (χ0) is 48.8. The predicted molar refractivity (Wildman–Crippen MR) is 267 cm³/mol. The smallest absolute Gasteiger partial charge is 0.387 e. The van der Waals surface area contributed by atoms with Crippen molar-refractivity contribution in [2.24, 2.45) is 0 Å². The lowest BCUT2D eigenvalue weighted by Crippen LogP contribution is -2.42. The highest BCUT2D eigenvalue weighted by Crippen LogP contribution is 2.49. The number of hydrogen-bond acceptors (Lipinski definition) is 13. The van der Waals surface area contributed by atoms with Gasteiger partial charge in [0.15, 0.2) is 12.1 Å². The molecule has 0 saturated carbocycles. The molecule has 2 fully saturated rings. The third-order valence-corrected chi connectivity index (χ3v) is 14.7. The van der Waals surface area contributed by atoms with E-state index in [2.05, 4.69) is 88.2 Å². The van der Waals surface area contributed by atoms with Gasteiger partial charge in [-0.3, -0.25) is 4.52 Å². The van der Waals surface area contributed by atoms with Gasteiger partial charge in [-0.25, -0.2) is 5.09 Å². The van der Waals surface area contributed by atoms with E-state index in [4.69, 9.17) is 54.5 Å². The van der Waals surface area contributed by atoms with E-state index in [0.29, 0.717) is 45.3 Å². The fraction of sp³-hybridized carbons (Fsp3) is 0.538. The van der Waals surface area contributed by atoms with E-state index in [1.807, 2.05) is 62.4 Å². The van der Waals surface area contributed by atoms with Crippen molar-refractivity contribution in [2.45, 2.75) is 149 Å². The highest BCUT2D eigenvalue weighted by molar-refractivity contribution is 7.38. The molecule has 0 amide bonds. The second-order valence-corrected chi connectivity index (χ2v) is 24.4. The Hall–Kier alpha value is -4.32. The second-order valence-electron chi connectivity index (χ2n) is 22.1. The van der Waals surface area contributed by atoms with Crippen LogP contribution in [0, 0.1) is 0 Å². The summed E-state index contributed by atoms with van der Waals surface area (Å²) in [6.45, 7) is 29.6. The van der Waals surface area contributed by atoms with Gasteiger partial charge in [0.05, 0.1) is 41.1 Å². The largest absolute Gasteiger partial charge is 0.497 e. The Balaban J connectivity index is 1.32. The monoisotopic (exact) mass is 961 g/mol. The van der Waals surface area contributed by atoms with Crippen molar-refractivity contribution in [3.63, 3.8) is 0 Å². The summed E-state index contributed by atoms with van der Waals surface area (Å²) in [5.41, 5.74) is 5.11. The minimum absolute atomic E-state index is 0.0431. The van der Waals surface area contributed by atoms with Crippen molar-refractivity contribution in [2.75, 3.05) is 40.1 Å². The molecule has 6 aromatic rings. The molecule has 0 bridgehead atoms. The van der Waals surface area contributed by atoms with E-state index >= 15 is 0 Å². The summed E-state index contributed by atoms with van der Waals surface area (Å²) in [4.78, 5) is 0. The van der Waals surface area contributed by atoms with Crippen LogP contribution in [-0.2, 0) is 35.9 Å². The Labute approximate surface area is 396 Å². The van der Waals surface area contributed by atoms with Crippen LogP contribution in [0.3, 0.4) is 0 Å². The van der Waals surface area contributed by atoms with Gasteiger partial charge in [0.1, 0.15) is 57.5 Å². The molecule has 2 saturated heterocycles. The molecular formula is C52H69NO12P2. The van der Waals surface area contributed by atoms with E-state index in [9.17, 15) is 0 Å². The van der Waals surface area contributed by atoms with Crippen molar-refractivity contribution < 1.29 is 54.5 Å². The molecule has 0 unspecified atom stereocenters. The predicted octanol–water partition coefficient (Wildman–Crippen LogP) is 14.0. The molecule has 4 atom stereocenters. The van der Waals surface area contributed by atoms with E-state index in [0.717, 1.165) is 43.8 Å². The van der Waals surface area contributed by atoms with E-state index in [1.54, 1.807) is 28.4 Å². The van der Waals surface area contributed by atoms with Crippen LogP contribution in [0.2, 0.25) is 0 Å². The van der Waals surface area contributed by atoms with Crippen molar-refractivity contribution in [3.8, 4) is 23.0 Å². The zero-order valence-corrected chi connectivity index (χ0v) is 44.2. The number of benzene rings is 4. The van der Waals surface area contributed by atoms with Gasteiger partial charge in [-0.15, -0.1) is 0 Å². The molecule has 364 valence electrons. The highest BCUT2D eigenvalue weighted by atomic mass is 31.1. The van der Waals surface area contributed by atoms with Crippen LogP contribution in [0.4, 0.5) is 0 Å². The summed E-state index contributed by atoms with van der Waals surface area (Å²) < 4.78 is 78.3. The number of ether oxygens (including phenoxy) is 7. The number of nitrogens with one attached hydrogen (secondary N) is 1. The van der Waals surface area contributed by atoms with E-state index < -0.39 is 46.7 Å². The van der Waals surface area contributed by atoms with Gasteiger partial charge in [0, 0.05) is 43.8 Å². The minimum atomic E-state index is -2.08. The van der Waals surface area contributed by atoms with Gasteiger partial charge in [-0.2, -0.15) is 0 Å². The summed E-state index contributed by atoms with van der Waals surface area (Å²) in [5.74, 6) is 1.90. The maximum atomic E-state index is 7.14. The first kappa shape index (κ1) is 49.1. The Morgan fingerprint density at radius 1 is 0.507 bits per heavy atom. The van der Waals surface area contributed by atoms with E-state index in [-0.39, 0.29) is 28.3 Å². The van der Waals surface area contributed by atoms with Gasteiger partial charge in [-0.05, 0) is 84.0 Å². The van der Waals surface area contributed by atoms with Crippen LogP contribution in [0.15, 0.2) is 65.3 Å². The fourth-order valence-electron chi connectivity index (χ4n) is 8.89. The summed E-state index contributed by atoms with van der Waals surface area (Å²) >= 11 is 0. The molecule has 67 heavy (non-hydrogen) atoms. The van der Waals surface area contributed by atoms with Gasteiger partial charge in [-0.1, -0.05) is 83.1 Å². The van der Waals surface area contributed by atoms with Crippen LogP contribution in [0.25, 0.3) is 43.9 Å². The Morgan fingerprint density at radius 2 is 0.851 bits per heavy atom. The quantitative estimate of drug-likeness (QED) is 0.147. The molecule has 2 aromatic heterocycles. The SMILES string of the molecule is COc1cc(C(C)(C)C)c2op(N[C@H]3[C@H]4OC(C)(C)O[C@H]4O[C@@H]3COp3oc4c(C(C)(C)C)cc(OC)cc4c4cc(OC)cc(C(C)(C)C)c4o3)oc3c(C(C)(C)C)cc(OC)cc3c2c1. The fourth-order valence-corrected chi connectivity index (χ4v) is 11.4. The molecule has 0 radical (unpaired) electrons. The standard InChI is InChI=1S/C52H69NO12P2/c1-48(2,3)36-23-28(54-15)19-32-33-20-29(55-16)24-37(49(4,5)6)43(33)63-66(62-42(32)36)53-41-40(59-47-46(41)60-52(13,14)61-47)27-58-67-64-44-34(21-30(56-17)25-38(44)50(7,8)9)35-22-31(57-18)26-39(45(35)65-67)51(10,11)12/h19-26,40-41,46-47,53H,27H2,1-18H3/t40-,41-,46-,47-/m1/s1. The molecule has 1 N–H and O–H groups in total. The zero-order valence-electron chi connectivity index (χ0n) is 42.4. The van der Waals surface area contributed by atoms with Crippen LogP contribution in [-0.4, -0.2) is 65.4 Å². The Bertz CT molecular complexity index is 2760. The van der Waals surface area contributed by atoms with Crippen molar-refractivity contribution in [1.82, 2.24) is 0 Å². The lowest BCUT2D eigenvalue weighted by atomic mass is 9.84. The Morgan fingerprint density at radius 3 is 1.18 bits per heavy atom. The average Bonchev–Trinajstić information content (AvgIpc) is 3.56. The number of hydrogen-bond donors (Lipinski definition) is 1. The third-order valence-electron chi connectivity index (χ3n) is 12.4. The van der Waals surface area contributed by atoms with Crippen LogP contribution < -0.4 is 28.6 Å². The molecule has 8 rings (SSSR count). The third kappa shape index (κ3) is 9.68.